The number of halogens is 1. The molecule has 0 unspecified atom stereocenters. The fourth-order valence-corrected chi connectivity index (χ4v) is 3.47. The van der Waals surface area contributed by atoms with Crippen LogP contribution >= 0.6 is 10.7 Å². The monoisotopic (exact) mass is 295 g/mol. The van der Waals surface area contributed by atoms with Gasteiger partial charge in [-0.2, -0.15) is 0 Å². The molecule has 8 heteroatoms. The van der Waals surface area contributed by atoms with Crippen LogP contribution in [0.3, 0.4) is 0 Å². The number of rotatable bonds is 4. The topological polar surface area (TPSA) is 80.3 Å². The van der Waals surface area contributed by atoms with Gasteiger partial charge in [-0.05, 0) is 37.1 Å². The first-order valence-electron chi connectivity index (χ1n) is 4.85. The number of nitrogens with one attached hydrogen (secondary N) is 1. The molecule has 1 aromatic rings. The zero-order valence-corrected chi connectivity index (χ0v) is 11.0. The highest BCUT2D eigenvalue weighted by atomic mass is 35.7. The van der Waals surface area contributed by atoms with E-state index < -0.39 is 19.1 Å². The lowest BCUT2D eigenvalue weighted by atomic mass is 10.3. The van der Waals surface area contributed by atoms with E-state index in [1.165, 1.54) is 24.3 Å². The van der Waals surface area contributed by atoms with E-state index in [1.807, 2.05) is 0 Å². The van der Waals surface area contributed by atoms with Gasteiger partial charge in [-0.25, -0.2) is 16.8 Å². The maximum absolute atomic E-state index is 11.6. The normalized spacial score (nSPS) is 16.8. The van der Waals surface area contributed by atoms with Crippen LogP contribution in [0.2, 0.25) is 0 Å². The van der Waals surface area contributed by atoms with Crippen LogP contribution in [0, 0.1) is 0 Å². The average Bonchev–Trinajstić information content (AvgIpc) is 2.99. The van der Waals surface area contributed by atoms with Gasteiger partial charge in [0.05, 0.1) is 10.1 Å². The van der Waals surface area contributed by atoms with Gasteiger partial charge in [0.2, 0.25) is 10.0 Å². The van der Waals surface area contributed by atoms with Gasteiger partial charge >= 0.3 is 0 Å². The molecule has 0 bridgehead atoms. The van der Waals surface area contributed by atoms with Crippen molar-refractivity contribution in [2.75, 3.05) is 4.72 Å². The SMILES string of the molecule is O=S(=O)(Cl)c1ccc(NS(=O)(=O)C2CC2)cc1. The Labute approximate surface area is 104 Å². The van der Waals surface area contributed by atoms with E-state index in [9.17, 15) is 16.8 Å². The summed E-state index contributed by atoms with van der Waals surface area (Å²) in [5.74, 6) is 0. The van der Waals surface area contributed by atoms with Crippen molar-refractivity contribution in [3.63, 3.8) is 0 Å². The Morgan fingerprint density at radius 1 is 1.06 bits per heavy atom. The zero-order valence-electron chi connectivity index (χ0n) is 8.63. The Morgan fingerprint density at radius 2 is 1.59 bits per heavy atom. The van der Waals surface area contributed by atoms with Gasteiger partial charge in [0.15, 0.2) is 0 Å². The van der Waals surface area contributed by atoms with Gasteiger partial charge < -0.3 is 0 Å². The molecule has 0 aliphatic heterocycles. The lowest BCUT2D eigenvalue weighted by molar-refractivity contribution is 0.600. The first kappa shape index (κ1) is 12.7. The Balaban J connectivity index is 2.19. The molecule has 0 spiro atoms. The molecule has 1 aliphatic carbocycles. The predicted molar refractivity (Wildman–Crippen MR) is 65.0 cm³/mol. The highest BCUT2D eigenvalue weighted by Crippen LogP contribution is 2.30. The minimum Gasteiger partial charge on any atom is -0.283 e. The largest absolute Gasteiger partial charge is 0.283 e. The maximum Gasteiger partial charge on any atom is 0.261 e. The Morgan fingerprint density at radius 3 is 2.00 bits per heavy atom. The number of anilines is 1. The van der Waals surface area contributed by atoms with Crippen molar-refractivity contribution in [2.24, 2.45) is 0 Å². The van der Waals surface area contributed by atoms with Gasteiger partial charge in [0.1, 0.15) is 0 Å². The summed E-state index contributed by atoms with van der Waals surface area (Å²) in [6.07, 6.45) is 1.34. The Kier molecular flexibility index (Phi) is 3.09. The third kappa shape index (κ3) is 3.11. The van der Waals surface area contributed by atoms with Gasteiger partial charge in [-0.3, -0.25) is 4.72 Å². The van der Waals surface area contributed by atoms with Crippen LogP contribution in [0.4, 0.5) is 5.69 Å². The van der Waals surface area contributed by atoms with Crippen LogP contribution in [-0.4, -0.2) is 22.1 Å². The maximum atomic E-state index is 11.6. The number of benzene rings is 1. The molecule has 0 atom stereocenters. The van der Waals surface area contributed by atoms with E-state index in [2.05, 4.69) is 4.72 Å². The first-order valence-corrected chi connectivity index (χ1v) is 8.71. The molecule has 1 saturated carbocycles. The third-order valence-corrected chi connectivity index (χ3v) is 5.60. The first-order chi connectivity index (χ1) is 7.79. The van der Waals surface area contributed by atoms with E-state index in [4.69, 9.17) is 10.7 Å². The van der Waals surface area contributed by atoms with Gasteiger partial charge in [0.25, 0.3) is 9.05 Å². The van der Waals surface area contributed by atoms with E-state index >= 15 is 0 Å². The molecular weight excluding hydrogens is 286 g/mol. The molecule has 1 fully saturated rings. The Hall–Kier alpha value is -0.790. The van der Waals surface area contributed by atoms with E-state index in [0.29, 0.717) is 18.5 Å². The minimum absolute atomic E-state index is 0.0615. The molecule has 1 aromatic carbocycles. The van der Waals surface area contributed by atoms with E-state index in [0.717, 1.165) is 0 Å². The van der Waals surface area contributed by atoms with Crippen molar-refractivity contribution in [1.82, 2.24) is 0 Å². The third-order valence-electron chi connectivity index (χ3n) is 2.36. The molecule has 17 heavy (non-hydrogen) atoms. The van der Waals surface area contributed by atoms with Crippen molar-refractivity contribution in [1.29, 1.82) is 0 Å². The summed E-state index contributed by atoms with van der Waals surface area (Å²) >= 11 is 0. The fourth-order valence-electron chi connectivity index (χ4n) is 1.31. The van der Waals surface area contributed by atoms with E-state index in [1.54, 1.807) is 0 Å². The second-order valence-corrected chi connectivity index (χ2v) is 8.34. The molecule has 1 aliphatic rings. The van der Waals surface area contributed by atoms with Crippen LogP contribution in [0.1, 0.15) is 12.8 Å². The molecule has 0 radical (unpaired) electrons. The van der Waals surface area contributed by atoms with Crippen LogP contribution in [-0.2, 0) is 19.1 Å². The summed E-state index contributed by atoms with van der Waals surface area (Å²) in [5, 5.41) is -0.320. The van der Waals surface area contributed by atoms with Crippen molar-refractivity contribution in [3.05, 3.63) is 24.3 Å². The zero-order chi connectivity index (χ0) is 12.7. The molecular formula is C9H10ClNO4S2. The average molecular weight is 296 g/mol. The van der Waals surface area contributed by atoms with Crippen LogP contribution in [0.25, 0.3) is 0 Å². The summed E-state index contributed by atoms with van der Waals surface area (Å²) in [5.41, 5.74) is 0.334. The lowest BCUT2D eigenvalue weighted by Crippen LogP contribution is -2.17. The van der Waals surface area contributed by atoms with E-state index in [-0.39, 0.29) is 10.1 Å². The lowest BCUT2D eigenvalue weighted by Gasteiger charge is -2.06. The van der Waals surface area contributed by atoms with Gasteiger partial charge in [0, 0.05) is 16.4 Å². The highest BCUT2D eigenvalue weighted by molar-refractivity contribution is 8.13. The van der Waals surface area contributed by atoms with Crippen molar-refractivity contribution < 1.29 is 16.8 Å². The van der Waals surface area contributed by atoms with Crippen LogP contribution in [0.15, 0.2) is 29.2 Å². The summed E-state index contributed by atoms with van der Waals surface area (Å²) in [4.78, 5) is -0.0615. The molecule has 1 N–H and O–H groups in total. The highest BCUT2D eigenvalue weighted by Gasteiger charge is 2.35. The van der Waals surface area contributed by atoms with Gasteiger partial charge in [-0.1, -0.05) is 0 Å². The summed E-state index contributed by atoms with van der Waals surface area (Å²) < 4.78 is 47.5. The van der Waals surface area contributed by atoms with Crippen molar-refractivity contribution in [2.45, 2.75) is 23.0 Å². The fraction of sp³-hybridized carbons (Fsp3) is 0.333. The number of sulfonamides is 1. The second-order valence-electron chi connectivity index (χ2n) is 3.81. The standard InChI is InChI=1S/C9H10ClNO4S2/c10-16(12,13)8-3-1-7(2-4-8)11-17(14,15)9-5-6-9/h1-4,9,11H,5-6H2. The van der Waals surface area contributed by atoms with Crippen molar-refractivity contribution in [3.8, 4) is 0 Å². The predicted octanol–water partition coefficient (Wildman–Crippen LogP) is 1.52. The molecule has 2 rings (SSSR count). The molecule has 0 aromatic heterocycles. The quantitative estimate of drug-likeness (QED) is 0.854. The van der Waals surface area contributed by atoms with Gasteiger partial charge in [-0.15, -0.1) is 0 Å². The van der Waals surface area contributed by atoms with Crippen LogP contribution < -0.4 is 4.72 Å². The number of hydrogen-bond acceptors (Lipinski definition) is 4. The molecule has 0 amide bonds. The Bertz CT molecular complexity index is 617. The smallest absolute Gasteiger partial charge is 0.261 e. The second kappa shape index (κ2) is 4.15. The molecule has 94 valence electrons. The molecule has 0 saturated heterocycles. The molecule has 5 nitrogen and oxygen atoms in total. The summed E-state index contributed by atoms with van der Waals surface area (Å²) in [6, 6.07) is 5.25. The summed E-state index contributed by atoms with van der Waals surface area (Å²) in [7, 11) is -1.96. The van der Waals surface area contributed by atoms with Crippen molar-refractivity contribution >= 4 is 35.4 Å². The number of hydrogen-bond donors (Lipinski definition) is 1. The minimum atomic E-state index is -3.77. The summed E-state index contributed by atoms with van der Waals surface area (Å²) in [6.45, 7) is 0. The molecule has 0 heterocycles. The van der Waals surface area contributed by atoms with Crippen LogP contribution in [0.5, 0.6) is 0 Å².